The zero-order valence-electron chi connectivity index (χ0n) is 11.6. The zero-order valence-corrected chi connectivity index (χ0v) is 11.6. The Morgan fingerprint density at radius 2 is 2.10 bits per heavy atom. The molecule has 1 fully saturated rings. The fourth-order valence-corrected chi connectivity index (χ4v) is 2.94. The zero-order chi connectivity index (χ0) is 13.9. The number of fused-ring (bicyclic) bond motifs is 1. The molecule has 1 aromatic heterocycles. The van der Waals surface area contributed by atoms with Crippen molar-refractivity contribution in [3.63, 3.8) is 0 Å². The molecule has 3 N–H and O–H groups in total. The third kappa shape index (κ3) is 2.25. The first-order valence-corrected chi connectivity index (χ1v) is 7.29. The summed E-state index contributed by atoms with van der Waals surface area (Å²) in [5, 5.41) is 10.5. The average molecular weight is 271 g/mol. The number of anilines is 1. The van der Waals surface area contributed by atoms with Gasteiger partial charge in [-0.1, -0.05) is 18.2 Å². The highest BCUT2D eigenvalue weighted by molar-refractivity contribution is 5.93. The predicted octanol–water partition coefficient (Wildman–Crippen LogP) is 2.04. The van der Waals surface area contributed by atoms with Gasteiger partial charge in [0, 0.05) is 36.3 Å². The van der Waals surface area contributed by atoms with Crippen molar-refractivity contribution < 1.29 is 5.11 Å². The minimum Gasteiger partial charge on any atom is -0.395 e. The van der Waals surface area contributed by atoms with E-state index in [-0.39, 0.29) is 6.61 Å². The molecule has 106 valence electrons. The van der Waals surface area contributed by atoms with E-state index in [9.17, 15) is 5.11 Å². The van der Waals surface area contributed by atoms with Gasteiger partial charge in [-0.25, -0.2) is 0 Å². The highest BCUT2D eigenvalue weighted by Crippen LogP contribution is 2.35. The molecule has 1 heterocycles. The van der Waals surface area contributed by atoms with Crippen LogP contribution in [0.25, 0.3) is 10.9 Å². The molecular weight excluding hydrogens is 250 g/mol. The fourth-order valence-electron chi connectivity index (χ4n) is 2.94. The smallest absolute Gasteiger partial charge is 0.0723 e. The molecular formula is C16H21N3O. The third-order valence-electron chi connectivity index (χ3n) is 4.19. The summed E-state index contributed by atoms with van der Waals surface area (Å²) in [5.74, 6) is 0. The van der Waals surface area contributed by atoms with E-state index in [1.54, 1.807) is 0 Å². The van der Waals surface area contributed by atoms with Gasteiger partial charge < -0.3 is 15.7 Å². The molecule has 1 aromatic carbocycles. The molecule has 0 unspecified atom stereocenters. The van der Waals surface area contributed by atoms with Crippen LogP contribution < -0.4 is 10.6 Å². The quantitative estimate of drug-likeness (QED) is 0.873. The molecule has 1 saturated carbocycles. The van der Waals surface area contributed by atoms with Crippen molar-refractivity contribution >= 4 is 16.6 Å². The molecule has 0 atom stereocenters. The number of benzene rings is 1. The van der Waals surface area contributed by atoms with E-state index in [2.05, 4.69) is 16.0 Å². The van der Waals surface area contributed by atoms with E-state index >= 15 is 0 Å². The number of hydrogen-bond acceptors (Lipinski definition) is 4. The van der Waals surface area contributed by atoms with Gasteiger partial charge in [0.1, 0.15) is 0 Å². The van der Waals surface area contributed by atoms with Gasteiger partial charge in [-0.3, -0.25) is 4.98 Å². The molecule has 3 rings (SSSR count). The van der Waals surface area contributed by atoms with Crippen LogP contribution in [-0.2, 0) is 6.54 Å². The number of pyridine rings is 1. The Morgan fingerprint density at radius 1 is 1.30 bits per heavy atom. The maximum atomic E-state index is 9.41. The molecule has 4 nitrogen and oxygen atoms in total. The van der Waals surface area contributed by atoms with Crippen LogP contribution in [0, 0.1) is 0 Å². The maximum Gasteiger partial charge on any atom is 0.0723 e. The van der Waals surface area contributed by atoms with Gasteiger partial charge in [0.15, 0.2) is 0 Å². The van der Waals surface area contributed by atoms with Crippen LogP contribution in [-0.4, -0.2) is 29.3 Å². The predicted molar refractivity (Wildman–Crippen MR) is 81.7 cm³/mol. The van der Waals surface area contributed by atoms with Crippen LogP contribution in [0.15, 0.2) is 30.5 Å². The SMILES string of the molecule is NCc1cnc2ccccc2c1N(CCO)C1CCC1. The van der Waals surface area contributed by atoms with Crippen LogP contribution in [0.3, 0.4) is 0 Å². The molecule has 0 bridgehead atoms. The van der Waals surface area contributed by atoms with Gasteiger partial charge >= 0.3 is 0 Å². The van der Waals surface area contributed by atoms with E-state index in [1.165, 1.54) is 19.3 Å². The summed E-state index contributed by atoms with van der Waals surface area (Å²) >= 11 is 0. The lowest BCUT2D eigenvalue weighted by atomic mass is 9.90. The summed E-state index contributed by atoms with van der Waals surface area (Å²) in [7, 11) is 0. The molecule has 20 heavy (non-hydrogen) atoms. The monoisotopic (exact) mass is 271 g/mol. The van der Waals surface area contributed by atoms with Crippen molar-refractivity contribution in [3.8, 4) is 0 Å². The summed E-state index contributed by atoms with van der Waals surface area (Å²) in [4.78, 5) is 6.82. The highest BCUT2D eigenvalue weighted by atomic mass is 16.3. The average Bonchev–Trinajstić information content (AvgIpc) is 2.43. The molecule has 4 heteroatoms. The first kappa shape index (κ1) is 13.3. The van der Waals surface area contributed by atoms with E-state index in [4.69, 9.17) is 5.73 Å². The lowest BCUT2D eigenvalue weighted by molar-refractivity contribution is 0.283. The second kappa shape index (κ2) is 5.77. The number of aliphatic hydroxyl groups is 1. The van der Waals surface area contributed by atoms with E-state index in [0.29, 0.717) is 19.1 Å². The van der Waals surface area contributed by atoms with Crippen LogP contribution in [0.2, 0.25) is 0 Å². The second-order valence-electron chi connectivity index (χ2n) is 5.36. The number of hydrogen-bond donors (Lipinski definition) is 2. The van der Waals surface area contributed by atoms with Gasteiger partial charge in [0.25, 0.3) is 0 Å². The van der Waals surface area contributed by atoms with Crippen molar-refractivity contribution in [2.24, 2.45) is 5.73 Å². The summed E-state index contributed by atoms with van der Waals surface area (Å²) < 4.78 is 0. The number of nitrogens with zero attached hydrogens (tertiary/aromatic N) is 2. The van der Waals surface area contributed by atoms with Crippen LogP contribution in [0.1, 0.15) is 24.8 Å². The number of para-hydroxylation sites is 1. The van der Waals surface area contributed by atoms with Crippen molar-refractivity contribution in [2.45, 2.75) is 31.8 Å². The Kier molecular flexibility index (Phi) is 3.85. The van der Waals surface area contributed by atoms with Gasteiger partial charge in [0.2, 0.25) is 0 Å². The molecule has 2 aromatic rings. The van der Waals surface area contributed by atoms with Crippen molar-refractivity contribution in [1.29, 1.82) is 0 Å². The summed E-state index contributed by atoms with van der Waals surface area (Å²) in [6, 6.07) is 8.68. The molecule has 0 amide bonds. The molecule has 1 aliphatic carbocycles. The lowest BCUT2D eigenvalue weighted by Crippen LogP contribution is -2.42. The molecule has 0 aliphatic heterocycles. The third-order valence-corrected chi connectivity index (χ3v) is 4.19. The Morgan fingerprint density at radius 3 is 2.75 bits per heavy atom. The maximum absolute atomic E-state index is 9.41. The number of nitrogens with two attached hydrogens (primary N) is 1. The van der Waals surface area contributed by atoms with E-state index in [1.807, 2.05) is 24.4 Å². The minimum atomic E-state index is 0.164. The number of aliphatic hydroxyl groups excluding tert-OH is 1. The fraction of sp³-hybridized carbons (Fsp3) is 0.438. The Labute approximate surface area is 119 Å². The lowest BCUT2D eigenvalue weighted by Gasteiger charge is -2.40. The Hall–Kier alpha value is -1.65. The molecule has 0 spiro atoms. The van der Waals surface area contributed by atoms with Crippen molar-refractivity contribution in [2.75, 3.05) is 18.1 Å². The van der Waals surface area contributed by atoms with Crippen molar-refractivity contribution in [3.05, 3.63) is 36.0 Å². The van der Waals surface area contributed by atoms with Gasteiger partial charge in [0.05, 0.1) is 17.8 Å². The number of aromatic nitrogens is 1. The molecule has 1 aliphatic rings. The van der Waals surface area contributed by atoms with Crippen LogP contribution in [0.5, 0.6) is 0 Å². The standard InChI is InChI=1S/C16H21N3O/c17-10-12-11-18-15-7-2-1-6-14(15)16(12)19(8-9-20)13-4-3-5-13/h1-2,6-7,11,13,20H,3-5,8-10,17H2. The first-order valence-electron chi connectivity index (χ1n) is 7.29. The minimum absolute atomic E-state index is 0.164. The highest BCUT2D eigenvalue weighted by Gasteiger charge is 2.27. The molecule has 0 saturated heterocycles. The summed E-state index contributed by atoms with van der Waals surface area (Å²) in [6.07, 6.45) is 5.54. The normalized spacial score (nSPS) is 15.3. The Balaban J connectivity index is 2.14. The van der Waals surface area contributed by atoms with Gasteiger partial charge in [-0.05, 0) is 25.3 Å². The summed E-state index contributed by atoms with van der Waals surface area (Å²) in [6.45, 7) is 1.30. The first-order chi connectivity index (χ1) is 9.85. The van der Waals surface area contributed by atoms with E-state index < -0.39 is 0 Å². The topological polar surface area (TPSA) is 62.4 Å². The van der Waals surface area contributed by atoms with Crippen molar-refractivity contribution in [1.82, 2.24) is 4.98 Å². The van der Waals surface area contributed by atoms with Crippen LogP contribution in [0.4, 0.5) is 5.69 Å². The second-order valence-corrected chi connectivity index (χ2v) is 5.36. The van der Waals surface area contributed by atoms with E-state index in [0.717, 1.165) is 22.2 Å². The Bertz CT molecular complexity index is 595. The number of rotatable bonds is 5. The van der Waals surface area contributed by atoms with Gasteiger partial charge in [-0.15, -0.1) is 0 Å². The summed E-state index contributed by atoms with van der Waals surface area (Å²) in [5.41, 5.74) is 9.12. The molecule has 0 radical (unpaired) electrons. The van der Waals surface area contributed by atoms with Gasteiger partial charge in [-0.2, -0.15) is 0 Å². The largest absolute Gasteiger partial charge is 0.395 e. The van der Waals surface area contributed by atoms with Crippen LogP contribution >= 0.6 is 0 Å².